The lowest BCUT2D eigenvalue weighted by atomic mass is 9.97. The molecule has 0 amide bonds. The topological polar surface area (TPSA) is 34.1 Å². The fourth-order valence-corrected chi connectivity index (χ4v) is 0.822. The van der Waals surface area contributed by atoms with Crippen LogP contribution >= 0.6 is 0 Å². The molecule has 0 radical (unpaired) electrons. The van der Waals surface area contributed by atoms with E-state index in [0.717, 1.165) is 6.08 Å². The molecule has 0 spiro atoms. The molecule has 3 heteroatoms. The molecular weight excluding hydrogens is 147 g/mol. The number of carbonyl (C=O) groups is 2. The van der Waals surface area contributed by atoms with Gasteiger partial charge in [-0.3, -0.25) is 9.59 Å². The Balaban J connectivity index is 3.22. The first-order chi connectivity index (χ1) is 5.04. The highest BCUT2D eigenvalue weighted by Gasteiger charge is 2.24. The van der Waals surface area contributed by atoms with Crippen molar-refractivity contribution in [2.75, 3.05) is 0 Å². The second-order valence-corrected chi connectivity index (χ2v) is 2.46. The minimum absolute atomic E-state index is 0.0967. The number of carbonyl (C=O) groups excluding carboxylic acids is 2. The molecule has 2 nitrogen and oxygen atoms in total. The third-order valence-corrected chi connectivity index (χ3v) is 1.61. The van der Waals surface area contributed by atoms with E-state index in [2.05, 4.69) is 0 Å². The van der Waals surface area contributed by atoms with E-state index in [9.17, 15) is 14.0 Å². The molecule has 58 valence electrons. The molecule has 0 aromatic heterocycles. The number of hydrogen-bond acceptors (Lipinski definition) is 2. The number of rotatable bonds is 0. The van der Waals surface area contributed by atoms with Crippen molar-refractivity contribution in [1.82, 2.24) is 0 Å². The maximum absolute atomic E-state index is 12.7. The van der Waals surface area contributed by atoms with Gasteiger partial charge in [-0.1, -0.05) is 0 Å². The molecule has 1 rings (SSSR count). The Kier molecular flexibility index (Phi) is 1.72. The highest BCUT2D eigenvalue weighted by atomic mass is 19.1. The van der Waals surface area contributed by atoms with Gasteiger partial charge in [0.1, 0.15) is 5.83 Å². The van der Waals surface area contributed by atoms with Gasteiger partial charge in [0, 0.05) is 11.1 Å². The molecule has 0 atom stereocenters. The fraction of sp³-hybridized carbons (Fsp3) is 0.250. The van der Waals surface area contributed by atoms with Crippen LogP contribution in [0.5, 0.6) is 0 Å². The lowest BCUT2D eigenvalue weighted by molar-refractivity contribution is -0.132. The standard InChI is InChI=1S/C8H7FO2/c1-4-3-6(9)5(2)8(11)7(4)10/h3H,1-2H3. The van der Waals surface area contributed by atoms with Gasteiger partial charge in [0.25, 0.3) is 0 Å². The lowest BCUT2D eigenvalue weighted by Crippen LogP contribution is -2.19. The summed E-state index contributed by atoms with van der Waals surface area (Å²) in [6, 6.07) is 0. The van der Waals surface area contributed by atoms with Gasteiger partial charge in [0.2, 0.25) is 11.6 Å². The van der Waals surface area contributed by atoms with Crippen LogP contribution in [-0.4, -0.2) is 11.6 Å². The average Bonchev–Trinajstić information content (AvgIpc) is 1.97. The third-order valence-electron chi connectivity index (χ3n) is 1.61. The number of Topliss-reactive ketones (excluding diaryl/α,β-unsaturated/α-hetero) is 2. The van der Waals surface area contributed by atoms with E-state index in [0.29, 0.717) is 0 Å². The van der Waals surface area contributed by atoms with Crippen LogP contribution in [0.15, 0.2) is 23.0 Å². The summed E-state index contributed by atoms with van der Waals surface area (Å²) in [6.07, 6.45) is 1.08. The van der Waals surface area contributed by atoms with Gasteiger partial charge in [0.15, 0.2) is 0 Å². The highest BCUT2D eigenvalue weighted by molar-refractivity contribution is 6.49. The first kappa shape index (κ1) is 7.85. The van der Waals surface area contributed by atoms with E-state index in [1.807, 2.05) is 0 Å². The van der Waals surface area contributed by atoms with Gasteiger partial charge in [-0.15, -0.1) is 0 Å². The largest absolute Gasteiger partial charge is 0.285 e. The molecule has 0 bridgehead atoms. The molecule has 1 aliphatic rings. The van der Waals surface area contributed by atoms with Crippen molar-refractivity contribution in [1.29, 1.82) is 0 Å². The van der Waals surface area contributed by atoms with E-state index < -0.39 is 17.4 Å². The third kappa shape index (κ3) is 1.13. The summed E-state index contributed by atoms with van der Waals surface area (Å²) in [5.74, 6) is -1.95. The Morgan fingerprint density at radius 1 is 1.18 bits per heavy atom. The molecule has 1 aliphatic carbocycles. The Labute approximate surface area is 63.4 Å². The average molecular weight is 154 g/mol. The van der Waals surface area contributed by atoms with Crippen molar-refractivity contribution in [2.45, 2.75) is 13.8 Å². The summed E-state index contributed by atoms with van der Waals surface area (Å²) < 4.78 is 12.7. The van der Waals surface area contributed by atoms with Gasteiger partial charge < -0.3 is 0 Å². The lowest BCUT2D eigenvalue weighted by Gasteiger charge is -2.06. The number of hydrogen-bond donors (Lipinski definition) is 0. The van der Waals surface area contributed by atoms with Gasteiger partial charge in [-0.25, -0.2) is 4.39 Å². The summed E-state index contributed by atoms with van der Waals surface area (Å²) in [6.45, 7) is 2.73. The quantitative estimate of drug-likeness (QED) is 0.389. The predicted molar refractivity (Wildman–Crippen MR) is 37.6 cm³/mol. The Morgan fingerprint density at radius 2 is 1.73 bits per heavy atom. The van der Waals surface area contributed by atoms with Crippen LogP contribution in [-0.2, 0) is 9.59 Å². The number of allylic oxidation sites excluding steroid dienone is 4. The van der Waals surface area contributed by atoms with E-state index in [1.54, 1.807) is 0 Å². The van der Waals surface area contributed by atoms with Crippen molar-refractivity contribution in [2.24, 2.45) is 0 Å². The minimum atomic E-state index is -0.734. The van der Waals surface area contributed by atoms with Gasteiger partial charge in [-0.2, -0.15) is 0 Å². The first-order valence-electron chi connectivity index (χ1n) is 3.17. The van der Waals surface area contributed by atoms with Crippen molar-refractivity contribution >= 4 is 11.6 Å². The Hall–Kier alpha value is -1.25. The molecule has 0 aromatic carbocycles. The van der Waals surface area contributed by atoms with E-state index in [4.69, 9.17) is 0 Å². The zero-order valence-corrected chi connectivity index (χ0v) is 6.27. The molecule has 0 aromatic rings. The summed E-state index contributed by atoms with van der Waals surface area (Å²) in [7, 11) is 0. The maximum Gasteiger partial charge on any atom is 0.231 e. The van der Waals surface area contributed by atoms with Crippen LogP contribution in [0.4, 0.5) is 4.39 Å². The van der Waals surface area contributed by atoms with E-state index in [-0.39, 0.29) is 11.1 Å². The number of halogens is 1. The second kappa shape index (κ2) is 2.42. The molecule has 0 heterocycles. The second-order valence-electron chi connectivity index (χ2n) is 2.46. The number of ketones is 2. The molecule has 0 saturated carbocycles. The molecule has 0 N–H and O–H groups in total. The molecule has 0 unspecified atom stereocenters. The molecule has 0 fully saturated rings. The molecule has 11 heavy (non-hydrogen) atoms. The van der Waals surface area contributed by atoms with Crippen LogP contribution in [0, 0.1) is 0 Å². The van der Waals surface area contributed by atoms with Gasteiger partial charge >= 0.3 is 0 Å². The summed E-state index contributed by atoms with van der Waals surface area (Å²) in [5.41, 5.74) is 0.0682. The van der Waals surface area contributed by atoms with Crippen molar-refractivity contribution < 1.29 is 14.0 Å². The van der Waals surface area contributed by atoms with E-state index in [1.165, 1.54) is 13.8 Å². The van der Waals surface area contributed by atoms with Crippen LogP contribution < -0.4 is 0 Å². The zero-order valence-electron chi connectivity index (χ0n) is 6.27. The van der Waals surface area contributed by atoms with Gasteiger partial charge in [0.05, 0.1) is 0 Å². The van der Waals surface area contributed by atoms with Crippen LogP contribution in [0.25, 0.3) is 0 Å². The van der Waals surface area contributed by atoms with Crippen LogP contribution in [0.3, 0.4) is 0 Å². The Bertz CT molecular complexity index is 293. The highest BCUT2D eigenvalue weighted by Crippen LogP contribution is 2.18. The molecular formula is C8H7FO2. The van der Waals surface area contributed by atoms with Crippen LogP contribution in [0.2, 0.25) is 0 Å². The summed E-state index contributed by atoms with van der Waals surface area (Å²) >= 11 is 0. The summed E-state index contributed by atoms with van der Waals surface area (Å²) in [4.78, 5) is 21.7. The van der Waals surface area contributed by atoms with E-state index >= 15 is 0 Å². The molecule has 0 saturated heterocycles. The minimum Gasteiger partial charge on any atom is -0.285 e. The fourth-order valence-electron chi connectivity index (χ4n) is 0.822. The van der Waals surface area contributed by atoms with Crippen molar-refractivity contribution in [3.05, 3.63) is 23.0 Å². The first-order valence-corrected chi connectivity index (χ1v) is 3.17. The normalized spacial score (nSPS) is 19.0. The van der Waals surface area contributed by atoms with Crippen molar-refractivity contribution in [3.63, 3.8) is 0 Å². The Morgan fingerprint density at radius 3 is 2.27 bits per heavy atom. The van der Waals surface area contributed by atoms with Crippen molar-refractivity contribution in [3.8, 4) is 0 Å². The SMILES string of the molecule is CC1=CC(F)=C(C)C(=O)C1=O. The van der Waals surface area contributed by atoms with Gasteiger partial charge in [-0.05, 0) is 19.9 Å². The predicted octanol–water partition coefficient (Wildman–Crippen LogP) is 1.33. The smallest absolute Gasteiger partial charge is 0.231 e. The monoisotopic (exact) mass is 154 g/mol. The maximum atomic E-state index is 12.7. The van der Waals surface area contributed by atoms with Crippen LogP contribution in [0.1, 0.15) is 13.8 Å². The summed E-state index contributed by atoms with van der Waals surface area (Å²) in [5, 5.41) is 0. The zero-order chi connectivity index (χ0) is 8.59. The molecule has 0 aliphatic heterocycles.